The fraction of sp³-hybridized carbons (Fsp3) is 0.160. The summed E-state index contributed by atoms with van der Waals surface area (Å²) < 4.78 is 15.4. The molecule has 5 rings (SSSR count). The van der Waals surface area contributed by atoms with Crippen LogP contribution >= 0.6 is 15.9 Å². The average molecular weight is 508 g/mol. The number of carbonyl (C=O) groups excluding carboxylic acids is 3. The van der Waals surface area contributed by atoms with Gasteiger partial charge in [-0.25, -0.2) is 14.7 Å². The van der Waals surface area contributed by atoms with Crippen LogP contribution in [0.2, 0.25) is 0 Å². The van der Waals surface area contributed by atoms with Crippen LogP contribution in [-0.4, -0.2) is 28.8 Å². The lowest BCUT2D eigenvalue weighted by Gasteiger charge is -2.25. The lowest BCUT2D eigenvalue weighted by atomic mass is 9.90. The second-order valence-electron chi connectivity index (χ2n) is 8.13. The summed E-state index contributed by atoms with van der Waals surface area (Å²) in [4.78, 5) is 41.6. The highest BCUT2D eigenvalue weighted by Crippen LogP contribution is 2.42. The zero-order valence-corrected chi connectivity index (χ0v) is 19.1. The van der Waals surface area contributed by atoms with Crippen molar-refractivity contribution in [1.82, 2.24) is 10.4 Å². The third-order valence-corrected chi connectivity index (χ3v) is 6.55. The fourth-order valence-corrected chi connectivity index (χ4v) is 4.87. The standard InChI is InChI=1S/C25H19BrFN3O3/c1-14-9-11-17(12-10-14)29-24(32)20-21(18-7-2-3-8-19(18)27)28-30(22(20)25(29)33)23(31)15-5-4-6-16(26)13-15/h2-13,20-22,28H,1H3/t20-,21-,22+/m1/s1. The quantitative estimate of drug-likeness (QED) is 0.540. The van der Waals surface area contributed by atoms with Crippen molar-refractivity contribution < 1.29 is 18.8 Å². The van der Waals surface area contributed by atoms with E-state index in [0.717, 1.165) is 10.5 Å². The zero-order valence-electron chi connectivity index (χ0n) is 17.5. The van der Waals surface area contributed by atoms with Gasteiger partial charge in [-0.05, 0) is 43.3 Å². The number of imide groups is 1. The van der Waals surface area contributed by atoms with Crippen molar-refractivity contribution in [1.29, 1.82) is 0 Å². The van der Waals surface area contributed by atoms with E-state index < -0.39 is 41.5 Å². The van der Waals surface area contributed by atoms with Crippen LogP contribution in [0.3, 0.4) is 0 Å². The average Bonchev–Trinajstić information content (AvgIpc) is 3.31. The number of fused-ring (bicyclic) bond motifs is 1. The molecule has 6 nitrogen and oxygen atoms in total. The van der Waals surface area contributed by atoms with E-state index in [2.05, 4.69) is 21.4 Å². The van der Waals surface area contributed by atoms with Crippen molar-refractivity contribution in [2.75, 3.05) is 4.90 Å². The van der Waals surface area contributed by atoms with Gasteiger partial charge in [-0.2, -0.15) is 0 Å². The third-order valence-electron chi connectivity index (χ3n) is 6.06. The maximum atomic E-state index is 14.7. The van der Waals surface area contributed by atoms with Crippen LogP contribution < -0.4 is 10.3 Å². The van der Waals surface area contributed by atoms with Crippen LogP contribution in [0.15, 0.2) is 77.3 Å². The number of carbonyl (C=O) groups is 3. The summed E-state index contributed by atoms with van der Waals surface area (Å²) in [5, 5.41) is 1.18. The Morgan fingerprint density at radius 2 is 1.70 bits per heavy atom. The zero-order chi connectivity index (χ0) is 23.3. The number of nitrogens with one attached hydrogen (secondary N) is 1. The van der Waals surface area contributed by atoms with Gasteiger partial charge in [0.1, 0.15) is 11.9 Å². The van der Waals surface area contributed by atoms with E-state index in [1.165, 1.54) is 11.1 Å². The van der Waals surface area contributed by atoms with Crippen LogP contribution in [0.5, 0.6) is 0 Å². The largest absolute Gasteiger partial charge is 0.274 e. The summed E-state index contributed by atoms with van der Waals surface area (Å²) in [5.74, 6) is -2.95. The molecule has 3 amide bonds. The van der Waals surface area contributed by atoms with Gasteiger partial charge in [-0.3, -0.25) is 19.4 Å². The molecule has 3 aromatic carbocycles. The predicted octanol–water partition coefficient (Wildman–Crippen LogP) is 4.16. The Balaban J connectivity index is 1.60. The normalized spacial score (nSPS) is 22.1. The van der Waals surface area contributed by atoms with E-state index in [-0.39, 0.29) is 5.56 Å². The summed E-state index contributed by atoms with van der Waals surface area (Å²) in [5.41, 5.74) is 4.93. The molecule has 0 saturated carbocycles. The molecule has 0 aliphatic carbocycles. The highest BCUT2D eigenvalue weighted by molar-refractivity contribution is 9.10. The lowest BCUT2D eigenvalue weighted by Crippen LogP contribution is -2.48. The molecular weight excluding hydrogens is 489 g/mol. The number of aryl methyl sites for hydroxylation is 1. The van der Waals surface area contributed by atoms with Crippen LogP contribution in [-0.2, 0) is 9.59 Å². The molecule has 2 heterocycles. The molecule has 2 aliphatic rings. The van der Waals surface area contributed by atoms with Crippen molar-refractivity contribution in [3.63, 3.8) is 0 Å². The van der Waals surface area contributed by atoms with Crippen LogP contribution in [0.4, 0.5) is 10.1 Å². The Morgan fingerprint density at radius 1 is 0.970 bits per heavy atom. The molecule has 8 heteroatoms. The predicted molar refractivity (Wildman–Crippen MR) is 124 cm³/mol. The second-order valence-corrected chi connectivity index (χ2v) is 9.05. The summed E-state index contributed by atoms with van der Waals surface area (Å²) in [6.07, 6.45) is 0. The molecule has 2 aliphatic heterocycles. The van der Waals surface area contributed by atoms with Crippen molar-refractivity contribution in [2.24, 2.45) is 5.92 Å². The minimum atomic E-state index is -1.10. The summed E-state index contributed by atoms with van der Waals surface area (Å²) in [7, 11) is 0. The number of hydrogen-bond acceptors (Lipinski definition) is 4. The van der Waals surface area contributed by atoms with Gasteiger partial charge in [-0.15, -0.1) is 0 Å². The van der Waals surface area contributed by atoms with Gasteiger partial charge in [0.15, 0.2) is 0 Å². The number of anilines is 1. The van der Waals surface area contributed by atoms with Gasteiger partial charge < -0.3 is 0 Å². The Hall–Kier alpha value is -3.36. The number of nitrogens with zero attached hydrogens (tertiary/aromatic N) is 2. The molecule has 3 aromatic rings. The number of halogens is 2. The van der Waals surface area contributed by atoms with E-state index in [9.17, 15) is 18.8 Å². The first-order chi connectivity index (χ1) is 15.9. The highest BCUT2D eigenvalue weighted by Gasteiger charge is 2.60. The van der Waals surface area contributed by atoms with E-state index in [4.69, 9.17) is 0 Å². The third kappa shape index (κ3) is 3.55. The van der Waals surface area contributed by atoms with Gasteiger partial charge in [0.05, 0.1) is 17.6 Å². The number of amides is 3. The van der Waals surface area contributed by atoms with Gasteiger partial charge in [0.2, 0.25) is 5.91 Å². The van der Waals surface area contributed by atoms with Crippen molar-refractivity contribution in [3.05, 3.63) is 99.8 Å². The number of hydrazine groups is 1. The molecule has 33 heavy (non-hydrogen) atoms. The Kier molecular flexibility index (Phi) is 5.34. The van der Waals surface area contributed by atoms with Gasteiger partial charge in [0.25, 0.3) is 11.8 Å². The molecule has 2 fully saturated rings. The maximum Gasteiger partial charge on any atom is 0.268 e. The van der Waals surface area contributed by atoms with Crippen molar-refractivity contribution in [3.8, 4) is 0 Å². The molecule has 0 bridgehead atoms. The van der Waals surface area contributed by atoms with Gasteiger partial charge >= 0.3 is 0 Å². The molecule has 3 atom stereocenters. The van der Waals surface area contributed by atoms with Crippen molar-refractivity contribution in [2.45, 2.75) is 19.0 Å². The van der Waals surface area contributed by atoms with Gasteiger partial charge in [-0.1, -0.05) is 57.9 Å². The topological polar surface area (TPSA) is 69.7 Å². The molecule has 0 radical (unpaired) electrons. The molecular formula is C25H19BrFN3O3. The lowest BCUT2D eigenvalue weighted by molar-refractivity contribution is -0.123. The Morgan fingerprint density at radius 3 is 2.39 bits per heavy atom. The molecule has 0 spiro atoms. The van der Waals surface area contributed by atoms with Crippen LogP contribution in [0.25, 0.3) is 0 Å². The Labute approximate surface area is 198 Å². The maximum absolute atomic E-state index is 14.7. The minimum Gasteiger partial charge on any atom is -0.274 e. The van der Waals surface area contributed by atoms with Crippen molar-refractivity contribution >= 4 is 39.3 Å². The minimum absolute atomic E-state index is 0.226. The smallest absolute Gasteiger partial charge is 0.268 e. The van der Waals surface area contributed by atoms with E-state index in [1.54, 1.807) is 66.7 Å². The summed E-state index contributed by atoms with van der Waals surface area (Å²) in [6.45, 7) is 1.91. The molecule has 2 saturated heterocycles. The highest BCUT2D eigenvalue weighted by atomic mass is 79.9. The number of hydrogen-bond donors (Lipinski definition) is 1. The van der Waals surface area contributed by atoms with E-state index in [0.29, 0.717) is 15.7 Å². The summed E-state index contributed by atoms with van der Waals surface area (Å²) >= 11 is 3.35. The Bertz CT molecular complexity index is 1280. The number of rotatable bonds is 3. The first kappa shape index (κ1) is 21.5. The molecule has 0 aromatic heterocycles. The molecule has 1 N–H and O–H groups in total. The van der Waals surface area contributed by atoms with E-state index >= 15 is 0 Å². The first-order valence-electron chi connectivity index (χ1n) is 10.4. The molecule has 0 unspecified atom stereocenters. The second kappa shape index (κ2) is 8.20. The molecule has 166 valence electrons. The number of benzene rings is 3. The van der Waals surface area contributed by atoms with Crippen LogP contribution in [0.1, 0.15) is 27.5 Å². The summed E-state index contributed by atoms with van der Waals surface area (Å²) in [6, 6.07) is 17.8. The fourth-order valence-electron chi connectivity index (χ4n) is 4.47. The van der Waals surface area contributed by atoms with Gasteiger partial charge in [0, 0.05) is 15.6 Å². The monoisotopic (exact) mass is 507 g/mol. The first-order valence-corrected chi connectivity index (χ1v) is 11.2. The SMILES string of the molecule is Cc1ccc(N2C(=O)[C@@H]3[C@@H](c4ccccc4F)NN(C(=O)c4cccc(Br)c4)[C@@H]3C2=O)cc1. The van der Waals surface area contributed by atoms with E-state index in [1.807, 2.05) is 6.92 Å². The van der Waals surface area contributed by atoms with Crippen LogP contribution in [0, 0.1) is 18.7 Å².